The van der Waals surface area contributed by atoms with E-state index >= 15 is 0 Å². The molecule has 4 nitrogen and oxygen atoms in total. The van der Waals surface area contributed by atoms with Crippen molar-refractivity contribution in [3.05, 3.63) is 41.7 Å². The van der Waals surface area contributed by atoms with E-state index in [0.29, 0.717) is 34.7 Å². The normalized spacial score (nSPS) is 18.6. The molecule has 0 spiro atoms. The van der Waals surface area contributed by atoms with Crippen LogP contribution in [0.5, 0.6) is 5.75 Å². The van der Waals surface area contributed by atoms with Crippen molar-refractivity contribution in [3.63, 3.8) is 0 Å². The summed E-state index contributed by atoms with van der Waals surface area (Å²) >= 11 is 6.12. The van der Waals surface area contributed by atoms with Gasteiger partial charge < -0.3 is 9.64 Å². The Labute approximate surface area is 133 Å². The minimum Gasteiger partial charge on any atom is -0.490 e. The van der Waals surface area contributed by atoms with Crippen molar-refractivity contribution in [1.82, 2.24) is 14.9 Å². The van der Waals surface area contributed by atoms with Crippen LogP contribution in [-0.2, 0) is 0 Å². The van der Waals surface area contributed by atoms with Gasteiger partial charge in [0.2, 0.25) is 5.95 Å². The molecule has 0 radical (unpaired) electrons. The summed E-state index contributed by atoms with van der Waals surface area (Å²) < 4.78 is 19.1. The fourth-order valence-corrected chi connectivity index (χ4v) is 2.88. The van der Waals surface area contributed by atoms with Crippen molar-refractivity contribution in [2.75, 3.05) is 20.2 Å². The number of aromatic nitrogens is 2. The molecular weight excluding hydrogens is 304 g/mol. The third kappa shape index (κ3) is 3.36. The molecule has 0 aromatic carbocycles. The molecule has 2 aromatic rings. The lowest BCUT2D eigenvalue weighted by Crippen LogP contribution is -2.30. The maximum atomic E-state index is 13.3. The zero-order chi connectivity index (χ0) is 15.5. The van der Waals surface area contributed by atoms with Gasteiger partial charge in [0.05, 0.1) is 6.20 Å². The van der Waals surface area contributed by atoms with Gasteiger partial charge in [0.1, 0.15) is 17.5 Å². The third-order valence-corrected chi connectivity index (χ3v) is 4.27. The standard InChI is InChI=1S/C16H17ClFN3O/c1-21-6-2-3-12(21)10-22-13-8-14(16(17)20-9-13)11-4-5-19-15(18)7-11/h4-5,7-9,12H,2-3,6,10H2,1H3/t12-/m0/s1/i1-1. The minimum absolute atomic E-state index is 0.316. The number of likely N-dealkylation sites (N-methyl/N-ethyl adjacent to an activating group) is 1. The van der Waals surface area contributed by atoms with Gasteiger partial charge in [-0.2, -0.15) is 4.39 Å². The Balaban J connectivity index is 1.78. The summed E-state index contributed by atoms with van der Waals surface area (Å²) in [6.45, 7) is 1.72. The lowest BCUT2D eigenvalue weighted by molar-refractivity contribution is 0.198. The molecule has 0 N–H and O–H groups in total. The molecule has 1 fully saturated rings. The summed E-state index contributed by atoms with van der Waals surface area (Å²) in [5.41, 5.74) is 1.27. The van der Waals surface area contributed by atoms with Crippen molar-refractivity contribution in [2.45, 2.75) is 18.9 Å². The summed E-state index contributed by atoms with van der Waals surface area (Å²) in [5, 5.41) is 0.316. The SMILES string of the molecule is [11CH3]N1CCC[C@H]1COc1cnc(Cl)c(-c2ccnc(F)c2)c1. The molecule has 6 heteroatoms. The van der Waals surface area contributed by atoms with E-state index in [1.165, 1.54) is 18.7 Å². The summed E-state index contributed by atoms with van der Waals surface area (Å²) in [4.78, 5) is 9.97. The highest BCUT2D eigenvalue weighted by atomic mass is 35.5. The van der Waals surface area contributed by atoms with Gasteiger partial charge >= 0.3 is 0 Å². The Bertz CT molecular complexity index is 668. The van der Waals surface area contributed by atoms with Gasteiger partial charge in [-0.3, -0.25) is 0 Å². The zero-order valence-electron chi connectivity index (χ0n) is 12.3. The molecule has 3 heterocycles. The van der Waals surface area contributed by atoms with Crippen molar-refractivity contribution in [2.24, 2.45) is 0 Å². The molecule has 116 valence electrons. The first-order chi connectivity index (χ1) is 10.6. The highest BCUT2D eigenvalue weighted by Gasteiger charge is 2.21. The van der Waals surface area contributed by atoms with Crippen molar-refractivity contribution < 1.29 is 9.13 Å². The average Bonchev–Trinajstić information content (AvgIpc) is 2.92. The van der Waals surface area contributed by atoms with Crippen LogP contribution < -0.4 is 4.74 Å². The second-order valence-corrected chi connectivity index (χ2v) is 5.82. The van der Waals surface area contributed by atoms with Gasteiger partial charge in [-0.25, -0.2) is 9.97 Å². The minimum atomic E-state index is -0.549. The maximum absolute atomic E-state index is 13.3. The molecule has 1 saturated heterocycles. The molecule has 1 aliphatic rings. The summed E-state index contributed by atoms with van der Waals surface area (Å²) in [6, 6.07) is 5.24. The predicted octanol–water partition coefficient (Wildman–Crippen LogP) is 3.41. The molecule has 2 aromatic heterocycles. The van der Waals surface area contributed by atoms with Crippen molar-refractivity contribution >= 4 is 11.6 Å². The fraction of sp³-hybridized carbons (Fsp3) is 0.375. The second-order valence-electron chi connectivity index (χ2n) is 5.46. The molecular formula is C16H17ClFN3O. The fourth-order valence-electron chi connectivity index (χ4n) is 2.66. The third-order valence-electron chi connectivity index (χ3n) is 3.97. The first-order valence-corrected chi connectivity index (χ1v) is 7.62. The second kappa shape index (κ2) is 6.58. The molecule has 0 saturated carbocycles. The van der Waals surface area contributed by atoms with Crippen LogP contribution in [0.1, 0.15) is 12.8 Å². The number of rotatable bonds is 4. The van der Waals surface area contributed by atoms with Gasteiger partial charge in [-0.15, -0.1) is 0 Å². The van der Waals surface area contributed by atoms with Crippen LogP contribution in [0.2, 0.25) is 5.15 Å². The van der Waals surface area contributed by atoms with Crippen LogP contribution in [0.3, 0.4) is 0 Å². The first-order valence-electron chi connectivity index (χ1n) is 7.24. The van der Waals surface area contributed by atoms with E-state index in [-0.39, 0.29) is 0 Å². The van der Waals surface area contributed by atoms with Crippen LogP contribution in [0.15, 0.2) is 30.6 Å². The number of nitrogens with zero attached hydrogens (tertiary/aromatic N) is 3. The molecule has 22 heavy (non-hydrogen) atoms. The Kier molecular flexibility index (Phi) is 4.55. The summed E-state index contributed by atoms with van der Waals surface area (Å²) in [5.74, 6) is 0.0874. The molecule has 0 aliphatic carbocycles. The molecule has 1 aliphatic heterocycles. The Morgan fingerprint density at radius 2 is 2.27 bits per heavy atom. The van der Waals surface area contributed by atoms with Crippen LogP contribution in [0.4, 0.5) is 4.39 Å². The number of halogens is 2. The van der Waals surface area contributed by atoms with Gasteiger partial charge in [0.15, 0.2) is 0 Å². The number of pyridine rings is 2. The largest absolute Gasteiger partial charge is 0.490 e. The Morgan fingerprint density at radius 3 is 3.00 bits per heavy atom. The monoisotopic (exact) mass is 320 g/mol. The van der Waals surface area contributed by atoms with E-state index < -0.39 is 5.95 Å². The predicted molar refractivity (Wildman–Crippen MR) is 83.6 cm³/mol. The molecule has 0 amide bonds. The lowest BCUT2D eigenvalue weighted by atomic mass is 10.1. The Hall–Kier alpha value is -1.72. The van der Waals surface area contributed by atoms with Gasteiger partial charge in [-0.05, 0) is 44.1 Å². The highest BCUT2D eigenvalue weighted by molar-refractivity contribution is 6.32. The summed E-state index contributed by atoms with van der Waals surface area (Å²) in [7, 11) is 2.10. The highest BCUT2D eigenvalue weighted by Crippen LogP contribution is 2.30. The van der Waals surface area contributed by atoms with Crippen LogP contribution in [-0.4, -0.2) is 41.1 Å². The van der Waals surface area contributed by atoms with E-state index in [0.717, 1.165) is 13.0 Å². The Morgan fingerprint density at radius 1 is 1.41 bits per heavy atom. The van der Waals surface area contributed by atoms with Crippen LogP contribution in [0.25, 0.3) is 11.1 Å². The molecule has 1 atom stereocenters. The molecule has 3 rings (SSSR count). The average molecular weight is 321 g/mol. The zero-order valence-corrected chi connectivity index (χ0v) is 13.1. The van der Waals surface area contributed by atoms with E-state index in [1.54, 1.807) is 18.3 Å². The van der Waals surface area contributed by atoms with E-state index in [9.17, 15) is 4.39 Å². The lowest BCUT2D eigenvalue weighted by Gasteiger charge is -2.19. The number of hydrogen-bond donors (Lipinski definition) is 0. The number of ether oxygens (including phenoxy) is 1. The number of hydrogen-bond acceptors (Lipinski definition) is 4. The van der Waals surface area contributed by atoms with E-state index in [4.69, 9.17) is 16.3 Å². The van der Waals surface area contributed by atoms with Crippen molar-refractivity contribution in [1.29, 1.82) is 0 Å². The molecule has 0 bridgehead atoms. The van der Waals surface area contributed by atoms with E-state index in [1.807, 2.05) is 0 Å². The van der Waals surface area contributed by atoms with Gasteiger partial charge in [-0.1, -0.05) is 11.6 Å². The van der Waals surface area contributed by atoms with Gasteiger partial charge in [0.25, 0.3) is 0 Å². The van der Waals surface area contributed by atoms with E-state index in [2.05, 4.69) is 21.9 Å². The first kappa shape index (κ1) is 15.2. The topological polar surface area (TPSA) is 38.2 Å². The molecule has 0 unspecified atom stereocenters. The smallest absolute Gasteiger partial charge is 0.213 e. The van der Waals surface area contributed by atoms with Crippen molar-refractivity contribution in [3.8, 4) is 16.9 Å². The number of likely N-dealkylation sites (tertiary alicyclic amines) is 1. The van der Waals surface area contributed by atoms with Gasteiger partial charge in [0, 0.05) is 23.9 Å². The quantitative estimate of drug-likeness (QED) is 0.809. The maximum Gasteiger partial charge on any atom is 0.213 e. The van der Waals surface area contributed by atoms with Crippen LogP contribution in [0, 0.1) is 5.95 Å². The summed E-state index contributed by atoms with van der Waals surface area (Å²) in [6.07, 6.45) is 5.34. The van der Waals surface area contributed by atoms with Crippen LogP contribution >= 0.6 is 11.6 Å².